The molecule has 0 spiro atoms. The van der Waals surface area contributed by atoms with Gasteiger partial charge in [0, 0.05) is 24.8 Å². The first kappa shape index (κ1) is 22.7. The van der Waals surface area contributed by atoms with Gasteiger partial charge in [0.2, 0.25) is 10.0 Å². The number of nitrogens with zero attached hydrogens (tertiary/aromatic N) is 2. The maximum atomic E-state index is 14.4. The molecule has 0 fully saturated rings. The van der Waals surface area contributed by atoms with Crippen LogP contribution in [0.1, 0.15) is 16.8 Å². The lowest BCUT2D eigenvalue weighted by Gasteiger charge is -2.20. The lowest BCUT2D eigenvalue weighted by atomic mass is 10.1. The van der Waals surface area contributed by atoms with E-state index in [1.807, 2.05) is 0 Å². The van der Waals surface area contributed by atoms with Crippen molar-refractivity contribution < 1.29 is 30.8 Å². The minimum atomic E-state index is -5.04. The van der Waals surface area contributed by atoms with Gasteiger partial charge in [0.15, 0.2) is 0 Å². The summed E-state index contributed by atoms with van der Waals surface area (Å²) in [6.45, 7) is -0.561. The Morgan fingerprint density at radius 3 is 2.45 bits per heavy atom. The third-order valence-electron chi connectivity index (χ3n) is 3.75. The summed E-state index contributed by atoms with van der Waals surface area (Å²) in [6, 6.07) is 8.79. The number of rotatable bonds is 8. The highest BCUT2D eigenvalue weighted by Gasteiger charge is 2.38. The Morgan fingerprint density at radius 1 is 1.17 bits per heavy atom. The van der Waals surface area contributed by atoms with Crippen LogP contribution in [0.25, 0.3) is 0 Å². The highest BCUT2D eigenvalue weighted by atomic mass is 32.2. The molecule has 2 rings (SSSR count). The molecule has 158 valence electrons. The Balaban J connectivity index is 2.05. The molecule has 1 heterocycles. The summed E-state index contributed by atoms with van der Waals surface area (Å²) in [7, 11) is -3.67. The summed E-state index contributed by atoms with van der Waals surface area (Å²) in [5.74, 6) is -2.91. The molecule has 0 atom stereocenters. The number of amides is 1. The van der Waals surface area contributed by atoms with Gasteiger partial charge in [-0.25, -0.2) is 18.2 Å². The zero-order chi connectivity index (χ0) is 21.7. The van der Waals surface area contributed by atoms with Crippen molar-refractivity contribution in [1.82, 2.24) is 20.1 Å². The third kappa shape index (κ3) is 7.07. The molecule has 0 aliphatic rings. The van der Waals surface area contributed by atoms with Crippen molar-refractivity contribution in [2.24, 2.45) is 0 Å². The Morgan fingerprint density at radius 2 is 1.90 bits per heavy atom. The van der Waals surface area contributed by atoms with E-state index in [0.717, 1.165) is 16.6 Å². The van der Waals surface area contributed by atoms with Gasteiger partial charge < -0.3 is 0 Å². The van der Waals surface area contributed by atoms with E-state index in [1.54, 1.807) is 18.2 Å². The van der Waals surface area contributed by atoms with Crippen LogP contribution in [-0.2, 0) is 34.5 Å². The number of carbonyl (C=O) groups is 1. The van der Waals surface area contributed by atoms with Crippen LogP contribution in [0.15, 0.2) is 42.6 Å². The van der Waals surface area contributed by atoms with Crippen LogP contribution in [0.5, 0.6) is 0 Å². The summed E-state index contributed by atoms with van der Waals surface area (Å²) in [4.78, 5) is 14.8. The lowest BCUT2D eigenvalue weighted by Crippen LogP contribution is -2.44. The number of hydrazine groups is 1. The van der Waals surface area contributed by atoms with Crippen LogP contribution in [0.4, 0.5) is 17.6 Å². The van der Waals surface area contributed by atoms with Crippen molar-refractivity contribution in [3.05, 3.63) is 65.2 Å². The first-order valence-corrected chi connectivity index (χ1v) is 10.0. The van der Waals surface area contributed by atoms with E-state index in [9.17, 15) is 30.8 Å². The number of hydrogen-bond donors (Lipinski definition) is 2. The number of pyridine rings is 1. The zero-order valence-electron chi connectivity index (χ0n) is 15.2. The molecular weight excluding hydrogens is 416 g/mol. The molecule has 0 saturated heterocycles. The van der Waals surface area contributed by atoms with Gasteiger partial charge in [-0.3, -0.25) is 15.2 Å². The molecule has 0 radical (unpaired) electrons. The topological polar surface area (TPSA) is 91.4 Å². The highest BCUT2D eigenvalue weighted by Crippen LogP contribution is 2.17. The summed E-state index contributed by atoms with van der Waals surface area (Å²) < 4.78 is 75.8. The van der Waals surface area contributed by atoms with Crippen molar-refractivity contribution in [3.63, 3.8) is 0 Å². The number of aromatic nitrogens is 1. The smallest absolute Gasteiger partial charge is 0.283 e. The van der Waals surface area contributed by atoms with Crippen LogP contribution in [-0.4, -0.2) is 36.0 Å². The average Bonchev–Trinajstić information content (AvgIpc) is 2.62. The van der Waals surface area contributed by atoms with E-state index in [-0.39, 0.29) is 30.8 Å². The molecule has 29 heavy (non-hydrogen) atoms. The van der Waals surface area contributed by atoms with Gasteiger partial charge in [0.05, 0.1) is 18.5 Å². The fourth-order valence-corrected chi connectivity index (χ4v) is 3.02. The van der Waals surface area contributed by atoms with Crippen molar-refractivity contribution in [2.75, 3.05) is 6.26 Å². The van der Waals surface area contributed by atoms with Crippen LogP contribution < -0.4 is 10.9 Å². The van der Waals surface area contributed by atoms with Gasteiger partial charge in [-0.05, 0) is 23.8 Å². The highest BCUT2D eigenvalue weighted by molar-refractivity contribution is 7.88. The van der Waals surface area contributed by atoms with Crippen molar-refractivity contribution in [2.45, 2.75) is 25.8 Å². The molecule has 1 amide bonds. The SMILES string of the molecule is CS(=O)(=O)N(Cc1ccccn1)Cc1ccc(CNNC(=O)C(F)(F)F)cc1F. The van der Waals surface area contributed by atoms with Gasteiger partial charge in [0.25, 0.3) is 0 Å². The zero-order valence-corrected chi connectivity index (χ0v) is 16.0. The largest absolute Gasteiger partial charge is 0.472 e. The fourth-order valence-electron chi connectivity index (χ4n) is 2.28. The minimum Gasteiger partial charge on any atom is -0.283 e. The van der Waals surface area contributed by atoms with Gasteiger partial charge in [-0.2, -0.15) is 17.5 Å². The Kier molecular flexibility index (Phi) is 7.27. The first-order valence-electron chi connectivity index (χ1n) is 8.19. The van der Waals surface area contributed by atoms with Gasteiger partial charge in [-0.15, -0.1) is 0 Å². The summed E-state index contributed by atoms with van der Waals surface area (Å²) in [5, 5.41) is 0. The maximum Gasteiger partial charge on any atom is 0.472 e. The molecule has 1 aromatic carbocycles. The second kappa shape index (κ2) is 9.29. The average molecular weight is 434 g/mol. The van der Waals surface area contributed by atoms with Gasteiger partial charge in [-0.1, -0.05) is 18.2 Å². The molecule has 1 aromatic heterocycles. The Labute approximate surface area is 164 Å². The molecule has 2 aromatic rings. The Hall–Kier alpha value is -2.57. The van der Waals surface area contributed by atoms with Crippen LogP contribution in [0.2, 0.25) is 0 Å². The molecule has 0 bridgehead atoms. The number of carbonyl (C=O) groups excluding carboxylic acids is 1. The monoisotopic (exact) mass is 434 g/mol. The third-order valence-corrected chi connectivity index (χ3v) is 4.95. The number of halogens is 4. The summed E-state index contributed by atoms with van der Waals surface area (Å²) >= 11 is 0. The van der Waals surface area contributed by atoms with Crippen molar-refractivity contribution in [1.29, 1.82) is 0 Å². The Bertz CT molecular complexity index is 953. The van der Waals surface area contributed by atoms with E-state index in [0.29, 0.717) is 5.69 Å². The van der Waals surface area contributed by atoms with Crippen molar-refractivity contribution >= 4 is 15.9 Å². The van der Waals surface area contributed by atoms with Crippen LogP contribution in [0, 0.1) is 5.82 Å². The molecular formula is C17H18F4N4O3S. The van der Waals surface area contributed by atoms with Gasteiger partial charge >= 0.3 is 12.1 Å². The van der Waals surface area contributed by atoms with Crippen molar-refractivity contribution in [3.8, 4) is 0 Å². The van der Waals surface area contributed by atoms with Crippen LogP contribution >= 0.6 is 0 Å². The predicted octanol–water partition coefficient (Wildman–Crippen LogP) is 1.87. The number of nitrogens with one attached hydrogen (secondary N) is 2. The van der Waals surface area contributed by atoms with E-state index in [2.05, 4.69) is 10.4 Å². The van der Waals surface area contributed by atoms with Gasteiger partial charge in [0.1, 0.15) is 5.82 Å². The quantitative estimate of drug-likeness (QED) is 0.489. The molecule has 2 N–H and O–H groups in total. The first-order chi connectivity index (χ1) is 13.5. The molecule has 0 saturated carbocycles. The lowest BCUT2D eigenvalue weighted by molar-refractivity contribution is -0.174. The summed E-state index contributed by atoms with van der Waals surface area (Å²) in [6.07, 6.45) is -2.53. The van der Waals surface area contributed by atoms with E-state index in [4.69, 9.17) is 0 Å². The second-order valence-electron chi connectivity index (χ2n) is 6.08. The standard InChI is InChI=1S/C17H18F4N4O3S/c1-29(27,28)25(11-14-4-2-3-7-22-14)10-13-6-5-12(8-15(13)18)9-23-24-16(26)17(19,20)21/h2-8,23H,9-11H2,1H3,(H,24,26). The number of alkyl halides is 3. The van der Waals surface area contributed by atoms with E-state index in [1.165, 1.54) is 23.8 Å². The van der Waals surface area contributed by atoms with E-state index < -0.39 is 27.9 Å². The van der Waals surface area contributed by atoms with E-state index >= 15 is 0 Å². The maximum absolute atomic E-state index is 14.4. The molecule has 0 aliphatic heterocycles. The number of hydrogen-bond acceptors (Lipinski definition) is 5. The molecule has 7 nitrogen and oxygen atoms in total. The molecule has 0 aliphatic carbocycles. The molecule has 12 heteroatoms. The number of benzene rings is 1. The number of sulfonamides is 1. The normalized spacial score (nSPS) is 12.2. The van der Waals surface area contributed by atoms with Crippen LogP contribution in [0.3, 0.4) is 0 Å². The predicted molar refractivity (Wildman–Crippen MR) is 95.8 cm³/mol. The second-order valence-corrected chi connectivity index (χ2v) is 8.07. The summed E-state index contributed by atoms with van der Waals surface area (Å²) in [5.41, 5.74) is 4.32. The minimum absolute atomic E-state index is 0.0497. The molecule has 0 unspecified atom stereocenters. The fraction of sp³-hybridized carbons (Fsp3) is 0.294.